The lowest BCUT2D eigenvalue weighted by molar-refractivity contribution is -0.134. The van der Waals surface area contributed by atoms with Crippen LogP contribution in [-0.2, 0) is 14.3 Å². The Hall–Kier alpha value is -1.81. The van der Waals surface area contributed by atoms with E-state index in [2.05, 4.69) is 6.58 Å². The summed E-state index contributed by atoms with van der Waals surface area (Å²) in [7, 11) is 0. The van der Waals surface area contributed by atoms with Crippen molar-refractivity contribution in [2.45, 2.75) is 13.8 Å². The van der Waals surface area contributed by atoms with Crippen molar-refractivity contribution < 1.29 is 19.1 Å². The van der Waals surface area contributed by atoms with Gasteiger partial charge in [0, 0.05) is 18.9 Å². The van der Waals surface area contributed by atoms with E-state index in [1.54, 1.807) is 6.07 Å². The topological polar surface area (TPSA) is 52.6 Å². The van der Waals surface area contributed by atoms with Crippen molar-refractivity contribution in [3.8, 4) is 5.75 Å². The molecule has 90 valence electrons. The van der Waals surface area contributed by atoms with E-state index in [1.807, 2.05) is 0 Å². The summed E-state index contributed by atoms with van der Waals surface area (Å²) < 4.78 is 9.78. The van der Waals surface area contributed by atoms with Crippen LogP contribution in [0.2, 0.25) is 5.02 Å². The lowest BCUT2D eigenvalue weighted by Crippen LogP contribution is -2.05. The molecule has 1 aromatic rings. The Balaban J connectivity index is 3.10. The molecule has 0 aliphatic heterocycles. The Labute approximate surface area is 104 Å². The number of halogens is 1. The van der Waals surface area contributed by atoms with Gasteiger partial charge in [0.2, 0.25) is 0 Å². The molecule has 0 aliphatic rings. The highest BCUT2D eigenvalue weighted by Crippen LogP contribution is 2.29. The summed E-state index contributed by atoms with van der Waals surface area (Å²) in [5, 5.41) is 0.421. The van der Waals surface area contributed by atoms with Crippen molar-refractivity contribution in [3.05, 3.63) is 35.4 Å². The number of hydrogen-bond acceptors (Lipinski definition) is 4. The van der Waals surface area contributed by atoms with Crippen LogP contribution in [0.3, 0.4) is 0 Å². The summed E-state index contributed by atoms with van der Waals surface area (Å²) in [6, 6.07) is 4.57. The number of hydrogen-bond donors (Lipinski definition) is 0. The molecule has 0 saturated heterocycles. The van der Waals surface area contributed by atoms with Gasteiger partial charge in [-0.15, -0.1) is 0 Å². The lowest BCUT2D eigenvalue weighted by atomic mass is 10.2. The van der Waals surface area contributed by atoms with Crippen LogP contribution >= 0.6 is 11.6 Å². The molecule has 17 heavy (non-hydrogen) atoms. The molecule has 5 heteroatoms. The van der Waals surface area contributed by atoms with Crippen LogP contribution in [0.4, 0.5) is 0 Å². The summed E-state index contributed by atoms with van der Waals surface area (Å²) in [4.78, 5) is 21.7. The van der Waals surface area contributed by atoms with E-state index in [-0.39, 0.29) is 11.5 Å². The Morgan fingerprint density at radius 3 is 2.41 bits per heavy atom. The highest BCUT2D eigenvalue weighted by Gasteiger charge is 2.12. The zero-order valence-corrected chi connectivity index (χ0v) is 10.2. The number of esters is 2. The molecule has 0 saturated carbocycles. The third-order valence-corrected chi connectivity index (χ3v) is 2.00. The van der Waals surface area contributed by atoms with E-state index < -0.39 is 11.9 Å². The normalized spacial score (nSPS) is 9.59. The molecule has 0 aromatic heterocycles. The molecule has 0 amide bonds. The van der Waals surface area contributed by atoms with Crippen LogP contribution in [0.5, 0.6) is 5.75 Å². The first-order valence-corrected chi connectivity index (χ1v) is 5.13. The molecular weight excluding hydrogens is 244 g/mol. The fraction of sp³-hybridized carbons (Fsp3) is 0.167. The van der Waals surface area contributed by atoms with E-state index >= 15 is 0 Å². The molecule has 0 N–H and O–H groups in total. The molecular formula is C12H11ClO4. The SMILES string of the molecule is C=C(OC(C)=O)c1cc(Cl)ccc1OC(C)=O. The Morgan fingerprint density at radius 2 is 1.88 bits per heavy atom. The smallest absolute Gasteiger partial charge is 0.308 e. The maximum absolute atomic E-state index is 10.9. The number of benzene rings is 1. The van der Waals surface area contributed by atoms with Crippen LogP contribution < -0.4 is 4.74 Å². The highest BCUT2D eigenvalue weighted by atomic mass is 35.5. The quantitative estimate of drug-likeness (QED) is 0.473. The van der Waals surface area contributed by atoms with Crippen molar-refractivity contribution in [2.24, 2.45) is 0 Å². The van der Waals surface area contributed by atoms with Gasteiger partial charge in [-0.25, -0.2) is 0 Å². The second-order valence-corrected chi connectivity index (χ2v) is 3.69. The minimum atomic E-state index is -0.510. The van der Waals surface area contributed by atoms with Gasteiger partial charge in [-0.3, -0.25) is 9.59 Å². The summed E-state index contributed by atoms with van der Waals surface area (Å²) >= 11 is 5.81. The monoisotopic (exact) mass is 254 g/mol. The van der Waals surface area contributed by atoms with Gasteiger partial charge in [0.15, 0.2) is 0 Å². The predicted molar refractivity (Wildman–Crippen MR) is 63.6 cm³/mol. The van der Waals surface area contributed by atoms with Gasteiger partial charge >= 0.3 is 11.9 Å². The van der Waals surface area contributed by atoms with Crippen molar-refractivity contribution >= 4 is 29.3 Å². The molecule has 4 nitrogen and oxygen atoms in total. The van der Waals surface area contributed by atoms with E-state index in [0.29, 0.717) is 10.6 Å². The van der Waals surface area contributed by atoms with Gasteiger partial charge in [0.25, 0.3) is 0 Å². The zero-order chi connectivity index (χ0) is 13.0. The van der Waals surface area contributed by atoms with Crippen LogP contribution in [0.15, 0.2) is 24.8 Å². The van der Waals surface area contributed by atoms with E-state index in [4.69, 9.17) is 21.1 Å². The molecule has 0 radical (unpaired) electrons. The van der Waals surface area contributed by atoms with Gasteiger partial charge < -0.3 is 9.47 Å². The number of rotatable bonds is 3. The second kappa shape index (κ2) is 5.50. The summed E-state index contributed by atoms with van der Waals surface area (Å²) in [5.41, 5.74) is 0.364. The van der Waals surface area contributed by atoms with Crippen molar-refractivity contribution in [1.82, 2.24) is 0 Å². The van der Waals surface area contributed by atoms with Gasteiger partial charge in [-0.1, -0.05) is 18.2 Å². The molecule has 0 bridgehead atoms. The molecule has 0 fully saturated rings. The summed E-state index contributed by atoms with van der Waals surface area (Å²) in [5.74, 6) is -0.669. The second-order valence-electron chi connectivity index (χ2n) is 3.25. The third-order valence-electron chi connectivity index (χ3n) is 1.76. The zero-order valence-electron chi connectivity index (χ0n) is 9.45. The fourth-order valence-electron chi connectivity index (χ4n) is 1.19. The first kappa shape index (κ1) is 13.3. The van der Waals surface area contributed by atoms with Crippen molar-refractivity contribution in [3.63, 3.8) is 0 Å². The lowest BCUT2D eigenvalue weighted by Gasteiger charge is -2.11. The minimum Gasteiger partial charge on any atom is -0.427 e. The fourth-order valence-corrected chi connectivity index (χ4v) is 1.36. The number of ether oxygens (including phenoxy) is 2. The Bertz CT molecular complexity index is 479. The Morgan fingerprint density at radius 1 is 1.24 bits per heavy atom. The standard InChI is InChI=1S/C12H11ClO4/c1-7(16-8(2)14)11-6-10(13)4-5-12(11)17-9(3)15/h4-6H,1H2,2-3H3. The average Bonchev–Trinajstić information content (AvgIpc) is 2.19. The van der Waals surface area contributed by atoms with Crippen LogP contribution in [0.1, 0.15) is 19.4 Å². The Kier molecular flexibility index (Phi) is 4.29. The van der Waals surface area contributed by atoms with Gasteiger partial charge in [-0.2, -0.15) is 0 Å². The average molecular weight is 255 g/mol. The van der Waals surface area contributed by atoms with Crippen LogP contribution in [-0.4, -0.2) is 11.9 Å². The first-order chi connectivity index (χ1) is 7.90. The molecule has 0 aliphatic carbocycles. The van der Waals surface area contributed by atoms with Crippen LogP contribution in [0.25, 0.3) is 5.76 Å². The molecule has 0 spiro atoms. The molecule has 1 rings (SSSR count). The predicted octanol–water partition coefficient (Wildman–Crippen LogP) is 2.80. The largest absolute Gasteiger partial charge is 0.427 e. The maximum atomic E-state index is 10.9. The van der Waals surface area contributed by atoms with E-state index in [1.165, 1.54) is 26.0 Å². The molecule has 1 aromatic carbocycles. The van der Waals surface area contributed by atoms with Gasteiger partial charge in [0.05, 0.1) is 5.56 Å². The highest BCUT2D eigenvalue weighted by molar-refractivity contribution is 6.30. The van der Waals surface area contributed by atoms with Crippen LogP contribution in [0, 0.1) is 0 Å². The molecule has 0 atom stereocenters. The maximum Gasteiger partial charge on any atom is 0.308 e. The van der Waals surface area contributed by atoms with E-state index in [9.17, 15) is 9.59 Å². The van der Waals surface area contributed by atoms with E-state index in [0.717, 1.165) is 0 Å². The summed E-state index contributed by atoms with van der Waals surface area (Å²) in [6.45, 7) is 6.10. The minimum absolute atomic E-state index is 0.0799. The van der Waals surface area contributed by atoms with Crippen molar-refractivity contribution in [2.75, 3.05) is 0 Å². The molecule has 0 heterocycles. The molecule has 0 unspecified atom stereocenters. The van der Waals surface area contributed by atoms with Gasteiger partial charge in [-0.05, 0) is 18.2 Å². The van der Waals surface area contributed by atoms with Gasteiger partial charge in [0.1, 0.15) is 11.5 Å². The first-order valence-electron chi connectivity index (χ1n) is 4.76. The third kappa shape index (κ3) is 3.92. The van der Waals surface area contributed by atoms with Crippen molar-refractivity contribution in [1.29, 1.82) is 0 Å². The summed E-state index contributed by atoms with van der Waals surface area (Å²) in [6.07, 6.45) is 0. The number of carbonyl (C=O) groups is 2. The number of carbonyl (C=O) groups excluding carboxylic acids is 2.